The van der Waals surface area contributed by atoms with Crippen molar-refractivity contribution in [3.8, 4) is 11.1 Å². The Kier molecular flexibility index (Phi) is 7.18. The molecule has 5 nitrogen and oxygen atoms in total. The topological polar surface area (TPSA) is 62.3 Å². The van der Waals surface area contributed by atoms with Gasteiger partial charge in [-0.15, -0.1) is 0 Å². The summed E-state index contributed by atoms with van der Waals surface area (Å²) < 4.78 is 78.3. The van der Waals surface area contributed by atoms with Gasteiger partial charge in [-0.25, -0.2) is 0 Å². The smallest absolute Gasteiger partial charge is 0.347 e. The quantitative estimate of drug-likeness (QED) is 0.486. The number of nitrogens with zero attached hydrogens (tertiary/aromatic N) is 2. The number of alkyl halides is 6. The van der Waals surface area contributed by atoms with E-state index < -0.39 is 41.3 Å². The summed E-state index contributed by atoms with van der Waals surface area (Å²) in [6.07, 6.45) is -7.93. The van der Waals surface area contributed by atoms with Gasteiger partial charge in [0.1, 0.15) is 11.7 Å². The van der Waals surface area contributed by atoms with Gasteiger partial charge in [0.25, 0.3) is 5.91 Å². The second kappa shape index (κ2) is 9.77. The molecule has 2 aromatic carbocycles. The highest BCUT2D eigenvalue weighted by Gasteiger charge is 2.33. The first-order valence-corrected chi connectivity index (χ1v) is 10.1. The molecule has 0 aliphatic heterocycles. The minimum Gasteiger partial charge on any atom is -0.347 e. The molecule has 184 valence electrons. The Morgan fingerprint density at radius 1 is 0.857 bits per heavy atom. The van der Waals surface area contributed by atoms with E-state index in [9.17, 15) is 35.9 Å². The van der Waals surface area contributed by atoms with Crippen molar-refractivity contribution in [2.45, 2.75) is 18.4 Å². The molecule has 0 aliphatic carbocycles. The molecule has 0 saturated heterocycles. The number of aromatic nitrogens is 1. The third-order valence-electron chi connectivity index (χ3n) is 5.06. The molecule has 0 unspecified atom stereocenters. The number of hydrogen-bond acceptors (Lipinski definition) is 3. The molecule has 0 spiro atoms. The van der Waals surface area contributed by atoms with E-state index in [1.807, 2.05) is 0 Å². The summed E-state index contributed by atoms with van der Waals surface area (Å²) in [4.78, 5) is 31.0. The molecule has 1 N–H and O–H groups in total. The van der Waals surface area contributed by atoms with Crippen LogP contribution < -0.4 is 5.32 Å². The number of carbonyl (C=O) groups is 2. The molecule has 3 rings (SSSR count). The van der Waals surface area contributed by atoms with E-state index in [4.69, 9.17) is 0 Å². The third-order valence-corrected chi connectivity index (χ3v) is 5.06. The lowest BCUT2D eigenvalue weighted by molar-refractivity contribution is -0.138. The van der Waals surface area contributed by atoms with Crippen LogP contribution in [0.15, 0.2) is 66.9 Å². The molecule has 0 fully saturated rings. The van der Waals surface area contributed by atoms with E-state index >= 15 is 0 Å². The minimum atomic E-state index is -4.66. The SMILES string of the molecule is CN(C)C(=O)[C@@H](NC(=O)c1ncccc1-c1ccc(C(F)(F)F)cc1)c1cccc(C(F)(F)F)c1. The van der Waals surface area contributed by atoms with Crippen molar-refractivity contribution in [2.75, 3.05) is 14.1 Å². The van der Waals surface area contributed by atoms with Crippen LogP contribution in [0.2, 0.25) is 0 Å². The fraction of sp³-hybridized carbons (Fsp3) is 0.208. The standard InChI is InChI=1S/C24H19F6N3O2/c1-33(2)22(35)19(15-5-3-6-17(13-15)24(28,29)30)32-21(34)20-18(7-4-12-31-20)14-8-10-16(11-9-14)23(25,26)27/h3-13,19H,1-2H3,(H,32,34)/t19-/m0/s1. The van der Waals surface area contributed by atoms with E-state index in [-0.39, 0.29) is 22.4 Å². The second-order valence-corrected chi connectivity index (χ2v) is 7.74. The van der Waals surface area contributed by atoms with E-state index in [1.54, 1.807) is 0 Å². The molecule has 1 heterocycles. The summed E-state index contributed by atoms with van der Waals surface area (Å²) in [5.74, 6) is -1.58. The number of rotatable bonds is 5. The number of amides is 2. The van der Waals surface area contributed by atoms with Gasteiger partial charge in [0.05, 0.1) is 11.1 Å². The molecule has 11 heteroatoms. The molecule has 0 radical (unpaired) electrons. The van der Waals surface area contributed by atoms with Crippen LogP contribution in [0.1, 0.15) is 33.2 Å². The van der Waals surface area contributed by atoms with Gasteiger partial charge in [-0.05, 0) is 41.5 Å². The Hall–Kier alpha value is -3.89. The van der Waals surface area contributed by atoms with Crippen molar-refractivity contribution in [3.05, 3.63) is 89.2 Å². The van der Waals surface area contributed by atoms with Crippen LogP contribution in [0.3, 0.4) is 0 Å². The normalized spacial score (nSPS) is 12.7. The van der Waals surface area contributed by atoms with Gasteiger partial charge in [0.15, 0.2) is 0 Å². The minimum absolute atomic E-state index is 0.0983. The molecule has 1 aromatic heterocycles. The Labute approximate surface area is 196 Å². The Morgan fingerprint density at radius 2 is 1.49 bits per heavy atom. The van der Waals surface area contributed by atoms with Crippen molar-refractivity contribution in [3.63, 3.8) is 0 Å². The number of benzene rings is 2. The van der Waals surface area contributed by atoms with Gasteiger partial charge < -0.3 is 10.2 Å². The number of pyridine rings is 1. The van der Waals surface area contributed by atoms with Crippen LogP contribution in [0.25, 0.3) is 11.1 Å². The number of hydrogen-bond donors (Lipinski definition) is 1. The van der Waals surface area contributed by atoms with Crippen molar-refractivity contribution in [1.29, 1.82) is 0 Å². The molecular formula is C24H19F6N3O2. The van der Waals surface area contributed by atoms with Gasteiger partial charge in [-0.2, -0.15) is 26.3 Å². The highest BCUT2D eigenvalue weighted by atomic mass is 19.4. The molecule has 0 bridgehead atoms. The first-order chi connectivity index (χ1) is 16.3. The van der Waals surface area contributed by atoms with E-state index in [2.05, 4.69) is 10.3 Å². The highest BCUT2D eigenvalue weighted by molar-refractivity contribution is 6.01. The first kappa shape index (κ1) is 25.7. The molecule has 35 heavy (non-hydrogen) atoms. The van der Waals surface area contributed by atoms with Crippen LogP contribution >= 0.6 is 0 Å². The molecule has 0 saturated carbocycles. The Morgan fingerprint density at radius 3 is 2.06 bits per heavy atom. The lowest BCUT2D eigenvalue weighted by atomic mass is 10.00. The summed E-state index contributed by atoms with van der Waals surface area (Å²) >= 11 is 0. The Balaban J connectivity index is 1.98. The molecule has 3 aromatic rings. The van der Waals surface area contributed by atoms with Crippen molar-refractivity contribution in [1.82, 2.24) is 15.2 Å². The van der Waals surface area contributed by atoms with E-state index in [0.29, 0.717) is 0 Å². The van der Waals surface area contributed by atoms with Crippen LogP contribution in [-0.4, -0.2) is 35.8 Å². The van der Waals surface area contributed by atoms with Crippen LogP contribution in [0, 0.1) is 0 Å². The van der Waals surface area contributed by atoms with Crippen molar-refractivity contribution < 1.29 is 35.9 Å². The zero-order valence-corrected chi connectivity index (χ0v) is 18.4. The summed E-state index contributed by atoms with van der Waals surface area (Å²) in [5.41, 5.74) is -1.75. The fourth-order valence-corrected chi connectivity index (χ4v) is 3.30. The highest BCUT2D eigenvalue weighted by Crippen LogP contribution is 2.33. The summed E-state index contributed by atoms with van der Waals surface area (Å²) in [5, 5.41) is 2.42. The number of nitrogens with one attached hydrogen (secondary N) is 1. The van der Waals surface area contributed by atoms with Crippen LogP contribution in [-0.2, 0) is 17.1 Å². The average molecular weight is 495 g/mol. The first-order valence-electron chi connectivity index (χ1n) is 10.1. The van der Waals surface area contributed by atoms with Gasteiger partial charge >= 0.3 is 12.4 Å². The lowest BCUT2D eigenvalue weighted by Crippen LogP contribution is -2.40. The monoisotopic (exact) mass is 495 g/mol. The molecule has 0 aliphatic rings. The second-order valence-electron chi connectivity index (χ2n) is 7.74. The van der Waals surface area contributed by atoms with Gasteiger partial charge in [0, 0.05) is 25.9 Å². The maximum atomic E-state index is 13.2. The van der Waals surface area contributed by atoms with Crippen molar-refractivity contribution in [2.24, 2.45) is 0 Å². The molecule has 1 atom stereocenters. The number of carbonyl (C=O) groups excluding carboxylic acids is 2. The third kappa shape index (κ3) is 5.97. The largest absolute Gasteiger partial charge is 0.416 e. The molecule has 2 amide bonds. The summed E-state index contributed by atoms with van der Waals surface area (Å²) in [6, 6.07) is 9.50. The fourth-order valence-electron chi connectivity index (χ4n) is 3.30. The lowest BCUT2D eigenvalue weighted by Gasteiger charge is -2.23. The van der Waals surface area contributed by atoms with Gasteiger partial charge in [0.2, 0.25) is 5.91 Å². The van der Waals surface area contributed by atoms with Gasteiger partial charge in [-0.1, -0.05) is 30.3 Å². The number of halogens is 6. The summed E-state index contributed by atoms with van der Waals surface area (Å²) in [6.45, 7) is 0. The van der Waals surface area contributed by atoms with Crippen LogP contribution in [0.4, 0.5) is 26.3 Å². The number of likely N-dealkylation sites (N-methyl/N-ethyl adjacent to an activating group) is 1. The maximum absolute atomic E-state index is 13.2. The van der Waals surface area contributed by atoms with Crippen LogP contribution in [0.5, 0.6) is 0 Å². The van der Waals surface area contributed by atoms with E-state index in [1.165, 1.54) is 50.6 Å². The molecular weight excluding hydrogens is 476 g/mol. The van der Waals surface area contributed by atoms with Gasteiger partial charge in [-0.3, -0.25) is 14.6 Å². The maximum Gasteiger partial charge on any atom is 0.416 e. The Bertz CT molecular complexity index is 1220. The summed E-state index contributed by atoms with van der Waals surface area (Å²) in [7, 11) is 2.76. The van der Waals surface area contributed by atoms with Crippen molar-refractivity contribution >= 4 is 11.8 Å². The predicted molar refractivity (Wildman–Crippen MR) is 115 cm³/mol. The average Bonchev–Trinajstić information content (AvgIpc) is 2.81. The van der Waals surface area contributed by atoms with E-state index in [0.717, 1.165) is 35.2 Å². The zero-order chi connectivity index (χ0) is 26.0. The zero-order valence-electron chi connectivity index (χ0n) is 18.4. The predicted octanol–water partition coefficient (Wildman–Crippen LogP) is 5.35.